The van der Waals surface area contributed by atoms with E-state index in [0.717, 1.165) is 4.68 Å². The van der Waals surface area contributed by atoms with Gasteiger partial charge in [-0.3, -0.25) is 4.79 Å². The zero-order chi connectivity index (χ0) is 23.6. The Morgan fingerprint density at radius 3 is 2.28 bits per heavy atom. The average Bonchev–Trinajstić information content (AvgIpc) is 3.23. The Morgan fingerprint density at radius 2 is 1.66 bits per heavy atom. The molecule has 3 heterocycles. The van der Waals surface area contributed by atoms with Crippen molar-refractivity contribution in [2.45, 2.75) is 74.8 Å². The highest BCUT2D eigenvalue weighted by Gasteiger charge is 2.46. The van der Waals surface area contributed by atoms with E-state index in [4.69, 9.17) is 14.2 Å². The summed E-state index contributed by atoms with van der Waals surface area (Å²) in [5.41, 5.74) is 0.202. The summed E-state index contributed by atoms with van der Waals surface area (Å²) in [6, 6.07) is -1.11. The zero-order valence-corrected chi connectivity index (χ0v) is 17.1. The Kier molecular flexibility index (Phi) is 8.10. The molecule has 1 amide bonds. The third-order valence-corrected chi connectivity index (χ3v) is 5.33. The molecule has 15 heteroatoms. The zero-order valence-electron chi connectivity index (χ0n) is 17.1. The molecule has 1 aromatic heterocycles. The minimum Gasteiger partial charge on any atom is -0.394 e. The summed E-state index contributed by atoms with van der Waals surface area (Å²) in [4.78, 5) is 11.5. The van der Waals surface area contributed by atoms with Crippen molar-refractivity contribution in [2.24, 2.45) is 0 Å². The summed E-state index contributed by atoms with van der Waals surface area (Å²) in [7, 11) is 0. The number of rotatable bonds is 7. The molecule has 0 spiro atoms. The van der Waals surface area contributed by atoms with Crippen LogP contribution >= 0.6 is 0 Å². The van der Waals surface area contributed by atoms with Crippen LogP contribution in [0.1, 0.15) is 18.8 Å². The van der Waals surface area contributed by atoms with E-state index in [0.29, 0.717) is 0 Å². The molecule has 3 rings (SSSR count). The van der Waals surface area contributed by atoms with Gasteiger partial charge >= 0.3 is 0 Å². The van der Waals surface area contributed by atoms with E-state index in [-0.39, 0.29) is 12.3 Å². The average molecular weight is 464 g/mol. The number of hydrogen-bond acceptors (Lipinski definition) is 13. The van der Waals surface area contributed by atoms with Crippen LogP contribution in [-0.2, 0) is 25.6 Å². The van der Waals surface area contributed by atoms with Crippen molar-refractivity contribution in [1.29, 1.82) is 0 Å². The third kappa shape index (κ3) is 5.07. The van der Waals surface area contributed by atoms with Crippen LogP contribution < -0.4 is 5.32 Å². The van der Waals surface area contributed by atoms with Crippen molar-refractivity contribution >= 4 is 5.91 Å². The first-order valence-corrected chi connectivity index (χ1v) is 9.90. The third-order valence-electron chi connectivity index (χ3n) is 5.33. The molecular formula is C17H28N4O11. The van der Waals surface area contributed by atoms with Gasteiger partial charge in [-0.2, -0.15) is 0 Å². The molecule has 8 N–H and O–H groups in total. The summed E-state index contributed by atoms with van der Waals surface area (Å²) in [5, 5.41) is 78.9. The molecule has 15 nitrogen and oxygen atoms in total. The quantitative estimate of drug-likeness (QED) is 0.189. The van der Waals surface area contributed by atoms with Gasteiger partial charge in [-0.1, -0.05) is 5.21 Å². The molecule has 0 unspecified atom stereocenters. The van der Waals surface area contributed by atoms with Crippen LogP contribution in [0.4, 0.5) is 0 Å². The normalized spacial score (nSPS) is 40.2. The largest absolute Gasteiger partial charge is 0.394 e. The molecule has 2 aliphatic heterocycles. The fourth-order valence-corrected chi connectivity index (χ4v) is 3.59. The van der Waals surface area contributed by atoms with E-state index >= 15 is 0 Å². The molecule has 2 saturated heterocycles. The molecule has 0 bridgehead atoms. The molecule has 0 aliphatic carbocycles. The number of amides is 1. The Bertz CT molecular complexity index is 765. The van der Waals surface area contributed by atoms with Gasteiger partial charge in [0.1, 0.15) is 54.5 Å². The molecule has 1 aromatic rings. The highest BCUT2D eigenvalue weighted by Crippen LogP contribution is 2.28. The number of nitrogens with zero attached hydrogens (tertiary/aromatic N) is 3. The van der Waals surface area contributed by atoms with Crippen LogP contribution in [0.15, 0.2) is 6.20 Å². The molecule has 2 fully saturated rings. The predicted molar refractivity (Wildman–Crippen MR) is 99.2 cm³/mol. The highest BCUT2D eigenvalue weighted by atomic mass is 16.7. The second-order valence-electron chi connectivity index (χ2n) is 7.65. The Balaban J connectivity index is 1.70. The number of nitrogens with one attached hydrogen (secondary N) is 1. The maximum atomic E-state index is 11.5. The summed E-state index contributed by atoms with van der Waals surface area (Å²) in [5.74, 6) is -0.497. The van der Waals surface area contributed by atoms with Crippen LogP contribution in [0.25, 0.3) is 0 Å². The monoisotopic (exact) mass is 464 g/mol. The van der Waals surface area contributed by atoms with Crippen LogP contribution in [0.5, 0.6) is 0 Å². The molecule has 0 radical (unpaired) electrons. The maximum Gasteiger partial charge on any atom is 0.217 e. The summed E-state index contributed by atoms with van der Waals surface area (Å²) >= 11 is 0. The van der Waals surface area contributed by atoms with Crippen molar-refractivity contribution in [1.82, 2.24) is 20.3 Å². The van der Waals surface area contributed by atoms with E-state index < -0.39 is 80.4 Å². The molecule has 10 atom stereocenters. The van der Waals surface area contributed by atoms with Gasteiger partial charge in [0, 0.05) is 6.92 Å². The van der Waals surface area contributed by atoms with Crippen molar-refractivity contribution in [3.63, 3.8) is 0 Å². The van der Waals surface area contributed by atoms with Crippen LogP contribution in [0, 0.1) is 0 Å². The first kappa shape index (κ1) is 24.8. The predicted octanol–water partition coefficient (Wildman–Crippen LogP) is -5.29. The topological polar surface area (TPSA) is 229 Å². The maximum absolute atomic E-state index is 11.5. The number of aromatic nitrogens is 3. The summed E-state index contributed by atoms with van der Waals surface area (Å²) < 4.78 is 17.4. The number of carbonyl (C=O) groups is 1. The highest BCUT2D eigenvalue weighted by molar-refractivity contribution is 5.73. The van der Waals surface area contributed by atoms with Crippen LogP contribution in [0.3, 0.4) is 0 Å². The minimum atomic E-state index is -1.60. The first-order valence-electron chi connectivity index (χ1n) is 9.90. The smallest absolute Gasteiger partial charge is 0.217 e. The van der Waals surface area contributed by atoms with E-state index in [2.05, 4.69) is 15.6 Å². The fraction of sp³-hybridized carbons (Fsp3) is 0.824. The second-order valence-corrected chi connectivity index (χ2v) is 7.65. The van der Waals surface area contributed by atoms with E-state index in [9.17, 15) is 40.5 Å². The van der Waals surface area contributed by atoms with Gasteiger partial charge in [0.05, 0.1) is 26.0 Å². The lowest BCUT2D eigenvalue weighted by molar-refractivity contribution is -0.304. The van der Waals surface area contributed by atoms with Crippen molar-refractivity contribution in [3.8, 4) is 0 Å². The van der Waals surface area contributed by atoms with Gasteiger partial charge in [0.15, 0.2) is 12.5 Å². The molecule has 32 heavy (non-hydrogen) atoms. The SMILES string of the molecule is CC(=O)N[C@@H]1[C@@H](O)[C@H](O)[C@@H](CO)O[C@H]1n1cc(CO[C@H]2O[C@H](CO)[C@@H](O)[C@H](O)[C@@H]2O)nn1. The molecular weight excluding hydrogens is 436 g/mol. The van der Waals surface area contributed by atoms with Gasteiger partial charge in [-0.25, -0.2) is 4.68 Å². The Hall–Kier alpha value is -1.79. The standard InChI is InChI=1S/C17H28N4O11/c1-6(24)18-10-13(27)11(25)8(3-22)31-16(10)21-2-7(19-20-21)5-30-17-15(29)14(28)12(26)9(4-23)32-17/h2,8-17,22-23,25-29H,3-5H2,1H3,(H,18,24)/t8-,9-,10-,11-,12-,13-,14+,15+,16-,17+/m1/s1. The van der Waals surface area contributed by atoms with Gasteiger partial charge in [-0.15, -0.1) is 5.10 Å². The number of carbonyl (C=O) groups excluding carboxylic acids is 1. The Morgan fingerprint density at radius 1 is 1.03 bits per heavy atom. The van der Waals surface area contributed by atoms with Crippen molar-refractivity contribution < 1.29 is 54.8 Å². The van der Waals surface area contributed by atoms with Crippen LogP contribution in [0.2, 0.25) is 0 Å². The molecule has 2 aliphatic rings. The fourth-order valence-electron chi connectivity index (χ4n) is 3.59. The first-order chi connectivity index (χ1) is 15.2. The molecule has 182 valence electrons. The second kappa shape index (κ2) is 10.4. The Labute approximate surface area is 181 Å². The lowest BCUT2D eigenvalue weighted by Crippen LogP contribution is -2.62. The van der Waals surface area contributed by atoms with Gasteiger partial charge in [0.25, 0.3) is 0 Å². The van der Waals surface area contributed by atoms with Gasteiger partial charge in [-0.05, 0) is 0 Å². The summed E-state index contributed by atoms with van der Waals surface area (Å²) in [6.45, 7) is -0.252. The summed E-state index contributed by atoms with van der Waals surface area (Å²) in [6.07, 6.45) is -11.0. The lowest BCUT2D eigenvalue weighted by Gasteiger charge is -2.42. The van der Waals surface area contributed by atoms with Gasteiger partial charge in [0.2, 0.25) is 5.91 Å². The van der Waals surface area contributed by atoms with E-state index in [1.807, 2.05) is 0 Å². The molecule has 0 aromatic carbocycles. The van der Waals surface area contributed by atoms with Crippen molar-refractivity contribution in [3.05, 3.63) is 11.9 Å². The number of aliphatic hydroxyl groups excluding tert-OH is 7. The van der Waals surface area contributed by atoms with Crippen LogP contribution in [-0.4, -0.2) is 125 Å². The number of ether oxygens (including phenoxy) is 3. The molecule has 0 saturated carbocycles. The van der Waals surface area contributed by atoms with E-state index in [1.54, 1.807) is 0 Å². The minimum absolute atomic E-state index is 0.202. The van der Waals surface area contributed by atoms with Crippen molar-refractivity contribution in [2.75, 3.05) is 13.2 Å². The lowest BCUT2D eigenvalue weighted by atomic mass is 9.96. The number of hydrogen-bond donors (Lipinski definition) is 8. The van der Waals surface area contributed by atoms with E-state index in [1.165, 1.54) is 13.1 Å². The number of aliphatic hydroxyl groups is 7. The van der Waals surface area contributed by atoms with Gasteiger partial charge < -0.3 is 55.3 Å².